The number of hydrogen-bond acceptors (Lipinski definition) is 1. The summed E-state index contributed by atoms with van der Waals surface area (Å²) in [6.07, 6.45) is -2.86. The van der Waals surface area contributed by atoms with Crippen LogP contribution in [0.25, 0.3) is 0 Å². The first-order valence-corrected chi connectivity index (χ1v) is 6.71. The number of aryl methyl sites for hydroxylation is 1. The molecule has 6 heteroatoms. The number of hydrogen-bond donors (Lipinski definition) is 0. The van der Waals surface area contributed by atoms with Crippen molar-refractivity contribution in [3.63, 3.8) is 0 Å². The summed E-state index contributed by atoms with van der Waals surface area (Å²) in [6, 6.07) is 4.25. The Hall–Kier alpha value is -1.46. The Morgan fingerprint density at radius 3 is 2.35 bits per heavy atom. The monoisotopic (exact) mass is 283 g/mol. The molecular formula is C14H17BF3NO. The number of rotatable bonds is 1. The summed E-state index contributed by atoms with van der Waals surface area (Å²) >= 11 is 0. The minimum atomic E-state index is -4.30. The standard InChI is InChI=1S/C14H17BF3NO/c1-9-6-11(8-12(7-9)14(16,17)18)10-2-4-19(5-3-10)13(15)20/h6-8,10H,2-5,15H2,1H3. The third-order valence-electron chi connectivity index (χ3n) is 3.84. The predicted molar refractivity (Wildman–Crippen MR) is 73.7 cm³/mol. The lowest BCUT2D eigenvalue weighted by Crippen LogP contribution is -2.37. The lowest BCUT2D eigenvalue weighted by molar-refractivity contribution is -0.137. The van der Waals surface area contributed by atoms with Crippen molar-refractivity contribution >= 4 is 13.7 Å². The third-order valence-corrected chi connectivity index (χ3v) is 3.84. The van der Waals surface area contributed by atoms with Gasteiger partial charge in [0.25, 0.3) is 0 Å². The molecule has 1 saturated heterocycles. The highest BCUT2D eigenvalue weighted by molar-refractivity contribution is 6.56. The maximum Gasteiger partial charge on any atom is 0.416 e. The average Bonchev–Trinajstić information content (AvgIpc) is 2.37. The molecule has 0 spiro atoms. The number of benzene rings is 1. The van der Waals surface area contributed by atoms with Crippen LogP contribution >= 0.6 is 0 Å². The second kappa shape index (κ2) is 5.50. The van der Waals surface area contributed by atoms with E-state index in [0.717, 1.165) is 18.4 Å². The minimum absolute atomic E-state index is 0.0312. The Morgan fingerprint density at radius 2 is 1.85 bits per heavy atom. The first-order chi connectivity index (χ1) is 9.27. The van der Waals surface area contributed by atoms with Gasteiger partial charge < -0.3 is 4.90 Å². The van der Waals surface area contributed by atoms with Crippen LogP contribution in [0.2, 0.25) is 0 Å². The highest BCUT2D eigenvalue weighted by atomic mass is 19.4. The molecule has 0 aliphatic carbocycles. The topological polar surface area (TPSA) is 20.3 Å². The normalized spacial score (nSPS) is 17.3. The van der Waals surface area contributed by atoms with E-state index in [9.17, 15) is 18.0 Å². The fraction of sp³-hybridized carbons (Fsp3) is 0.500. The fourth-order valence-corrected chi connectivity index (χ4v) is 2.74. The molecule has 20 heavy (non-hydrogen) atoms. The minimum Gasteiger partial charge on any atom is -0.352 e. The molecule has 1 heterocycles. The highest BCUT2D eigenvalue weighted by Gasteiger charge is 2.32. The van der Waals surface area contributed by atoms with Crippen LogP contribution in [0.4, 0.5) is 18.0 Å². The molecule has 0 unspecified atom stereocenters. The Bertz CT molecular complexity index is 508. The molecule has 1 amide bonds. The molecular weight excluding hydrogens is 266 g/mol. The predicted octanol–water partition coefficient (Wildman–Crippen LogP) is 2.95. The third kappa shape index (κ3) is 3.35. The van der Waals surface area contributed by atoms with Crippen LogP contribution in [-0.2, 0) is 6.18 Å². The lowest BCUT2D eigenvalue weighted by atomic mass is 9.87. The van der Waals surface area contributed by atoms with E-state index < -0.39 is 11.7 Å². The summed E-state index contributed by atoms with van der Waals surface area (Å²) in [4.78, 5) is 13.0. The van der Waals surface area contributed by atoms with Crippen molar-refractivity contribution in [3.05, 3.63) is 34.9 Å². The summed E-state index contributed by atoms with van der Waals surface area (Å²) in [5.74, 6) is 0.135. The Balaban J connectivity index is 2.18. The number of likely N-dealkylation sites (tertiary alicyclic amines) is 1. The van der Waals surface area contributed by atoms with Crippen LogP contribution < -0.4 is 0 Å². The van der Waals surface area contributed by atoms with Crippen LogP contribution in [-0.4, -0.2) is 31.6 Å². The molecule has 108 valence electrons. The second-order valence-corrected chi connectivity index (χ2v) is 5.41. The molecule has 0 bridgehead atoms. The van der Waals surface area contributed by atoms with Crippen molar-refractivity contribution in [1.29, 1.82) is 0 Å². The molecule has 0 aromatic heterocycles. The zero-order valence-electron chi connectivity index (χ0n) is 11.6. The molecule has 0 saturated carbocycles. The van der Waals surface area contributed by atoms with E-state index in [4.69, 9.17) is 0 Å². The smallest absolute Gasteiger partial charge is 0.352 e. The first-order valence-electron chi connectivity index (χ1n) is 6.71. The van der Waals surface area contributed by atoms with Crippen molar-refractivity contribution in [2.75, 3.05) is 13.1 Å². The number of piperidine rings is 1. The zero-order chi connectivity index (χ0) is 14.9. The van der Waals surface area contributed by atoms with E-state index in [2.05, 4.69) is 0 Å². The van der Waals surface area contributed by atoms with Gasteiger partial charge in [0.05, 0.1) is 5.56 Å². The Kier molecular flexibility index (Phi) is 4.11. The van der Waals surface area contributed by atoms with Crippen LogP contribution in [0.5, 0.6) is 0 Å². The SMILES string of the molecule is BC(=O)N1CCC(c2cc(C)cc(C(F)(F)F)c2)CC1. The number of halogens is 3. The maximum absolute atomic E-state index is 12.8. The number of amides is 1. The Labute approximate surface area is 117 Å². The van der Waals surface area contributed by atoms with Crippen molar-refractivity contribution < 1.29 is 18.0 Å². The molecule has 1 aliphatic rings. The molecule has 2 nitrogen and oxygen atoms in total. The largest absolute Gasteiger partial charge is 0.416 e. The van der Waals surface area contributed by atoms with Crippen molar-refractivity contribution in [2.24, 2.45) is 0 Å². The molecule has 2 rings (SSSR count). The highest BCUT2D eigenvalue weighted by Crippen LogP contribution is 2.35. The van der Waals surface area contributed by atoms with E-state index >= 15 is 0 Å². The van der Waals surface area contributed by atoms with Gasteiger partial charge in [-0.2, -0.15) is 13.2 Å². The van der Waals surface area contributed by atoms with Gasteiger partial charge in [0.15, 0.2) is 5.81 Å². The fourth-order valence-electron chi connectivity index (χ4n) is 2.74. The van der Waals surface area contributed by atoms with Crippen molar-refractivity contribution in [1.82, 2.24) is 4.90 Å². The second-order valence-electron chi connectivity index (χ2n) is 5.41. The number of nitrogens with zero attached hydrogens (tertiary/aromatic N) is 1. The van der Waals surface area contributed by atoms with Crippen molar-refractivity contribution in [2.45, 2.75) is 31.9 Å². The molecule has 0 atom stereocenters. The molecule has 1 aromatic carbocycles. The Morgan fingerprint density at radius 1 is 1.25 bits per heavy atom. The van der Waals surface area contributed by atoms with Gasteiger partial charge in [-0.05, 0) is 43.4 Å². The van der Waals surface area contributed by atoms with Gasteiger partial charge in [-0.1, -0.05) is 11.6 Å². The van der Waals surface area contributed by atoms with Gasteiger partial charge in [0.2, 0.25) is 7.85 Å². The van der Waals surface area contributed by atoms with E-state index in [1.165, 1.54) is 20.0 Å². The number of carbonyl (C=O) groups is 1. The van der Waals surface area contributed by atoms with Gasteiger partial charge >= 0.3 is 6.18 Å². The first kappa shape index (κ1) is 14.9. The van der Waals surface area contributed by atoms with E-state index in [1.807, 2.05) is 6.07 Å². The van der Waals surface area contributed by atoms with Gasteiger partial charge in [0.1, 0.15) is 0 Å². The molecule has 1 fully saturated rings. The summed E-state index contributed by atoms with van der Waals surface area (Å²) < 4.78 is 38.5. The summed E-state index contributed by atoms with van der Waals surface area (Å²) in [5.41, 5.74) is 0.783. The summed E-state index contributed by atoms with van der Waals surface area (Å²) in [5, 5.41) is 0. The van der Waals surface area contributed by atoms with Gasteiger partial charge in [0, 0.05) is 13.1 Å². The van der Waals surface area contributed by atoms with Gasteiger partial charge in [-0.25, -0.2) is 0 Å². The maximum atomic E-state index is 12.8. The zero-order valence-corrected chi connectivity index (χ0v) is 11.6. The van der Waals surface area contributed by atoms with Gasteiger partial charge in [-0.3, -0.25) is 4.79 Å². The van der Waals surface area contributed by atoms with Crippen LogP contribution in [0.15, 0.2) is 18.2 Å². The molecule has 1 aromatic rings. The molecule has 0 N–H and O–H groups in total. The van der Waals surface area contributed by atoms with Gasteiger partial charge in [-0.15, -0.1) is 0 Å². The van der Waals surface area contributed by atoms with E-state index in [1.54, 1.807) is 11.8 Å². The van der Waals surface area contributed by atoms with Crippen LogP contribution in [0.3, 0.4) is 0 Å². The summed E-state index contributed by atoms with van der Waals surface area (Å²) in [7, 11) is 1.52. The van der Waals surface area contributed by atoms with Crippen LogP contribution in [0.1, 0.15) is 35.4 Å². The van der Waals surface area contributed by atoms with E-state index in [-0.39, 0.29) is 11.7 Å². The summed E-state index contributed by atoms with van der Waals surface area (Å²) in [6.45, 7) is 2.92. The van der Waals surface area contributed by atoms with E-state index in [0.29, 0.717) is 18.7 Å². The van der Waals surface area contributed by atoms with Crippen molar-refractivity contribution in [3.8, 4) is 0 Å². The molecule has 1 aliphatic heterocycles. The molecule has 0 radical (unpaired) electrons. The quantitative estimate of drug-likeness (QED) is 0.726. The average molecular weight is 283 g/mol. The number of alkyl halides is 3. The number of carbonyl (C=O) groups excluding carboxylic acids is 1. The lowest BCUT2D eigenvalue weighted by Gasteiger charge is -2.32. The van der Waals surface area contributed by atoms with Crippen LogP contribution in [0, 0.1) is 6.92 Å².